The summed E-state index contributed by atoms with van der Waals surface area (Å²) in [7, 11) is 0. The molecule has 0 aliphatic heterocycles. The zero-order chi connectivity index (χ0) is 30.8. The van der Waals surface area contributed by atoms with Gasteiger partial charge in [-0.1, -0.05) is 141 Å². The van der Waals surface area contributed by atoms with E-state index < -0.39 is 0 Å². The number of para-hydroxylation sites is 2. The van der Waals surface area contributed by atoms with Crippen LogP contribution in [-0.4, -0.2) is 4.57 Å². The maximum Gasteiger partial charge on any atom is 0.0541 e. The third-order valence-electron chi connectivity index (χ3n) is 9.75. The molecule has 1 nitrogen and oxygen atoms in total. The van der Waals surface area contributed by atoms with E-state index in [9.17, 15) is 0 Å². The molecule has 0 atom stereocenters. The summed E-state index contributed by atoms with van der Waals surface area (Å²) in [6.45, 7) is 4.57. The minimum absolute atomic E-state index is 0.436. The smallest absolute Gasteiger partial charge is 0.0541 e. The van der Waals surface area contributed by atoms with E-state index in [2.05, 4.69) is 176 Å². The summed E-state index contributed by atoms with van der Waals surface area (Å²) in [4.78, 5) is 0. The van der Waals surface area contributed by atoms with Gasteiger partial charge in [0.1, 0.15) is 0 Å². The molecule has 46 heavy (non-hydrogen) atoms. The predicted molar refractivity (Wildman–Crippen MR) is 198 cm³/mol. The highest BCUT2D eigenvalue weighted by Gasteiger charge is 2.19. The van der Waals surface area contributed by atoms with E-state index in [1.165, 1.54) is 87.6 Å². The topological polar surface area (TPSA) is 4.93 Å². The molecule has 0 spiro atoms. The summed E-state index contributed by atoms with van der Waals surface area (Å²) >= 11 is 0. The lowest BCUT2D eigenvalue weighted by Crippen LogP contribution is -1.95. The van der Waals surface area contributed by atoms with Gasteiger partial charge in [0.15, 0.2) is 0 Å². The molecule has 1 heteroatoms. The summed E-state index contributed by atoms with van der Waals surface area (Å²) < 4.78 is 2.39. The van der Waals surface area contributed by atoms with E-state index in [4.69, 9.17) is 0 Å². The van der Waals surface area contributed by atoms with Crippen LogP contribution < -0.4 is 0 Å². The van der Waals surface area contributed by atoms with Gasteiger partial charge in [-0.3, -0.25) is 0 Å². The number of fused-ring (bicyclic) bond motifs is 6. The molecular formula is C45H33N. The molecule has 8 aromatic carbocycles. The van der Waals surface area contributed by atoms with Gasteiger partial charge >= 0.3 is 0 Å². The first-order valence-corrected chi connectivity index (χ1v) is 16.2. The van der Waals surface area contributed by atoms with Gasteiger partial charge in [0.25, 0.3) is 0 Å². The number of nitrogens with zero attached hydrogens (tertiary/aromatic N) is 1. The van der Waals surface area contributed by atoms with Crippen molar-refractivity contribution in [1.29, 1.82) is 0 Å². The summed E-state index contributed by atoms with van der Waals surface area (Å²) in [5.41, 5.74) is 10.1. The van der Waals surface area contributed by atoms with Gasteiger partial charge in [0, 0.05) is 16.5 Å². The lowest BCUT2D eigenvalue weighted by molar-refractivity contribution is 0.869. The van der Waals surface area contributed by atoms with Crippen LogP contribution in [0.5, 0.6) is 0 Å². The van der Waals surface area contributed by atoms with Gasteiger partial charge in [-0.15, -0.1) is 0 Å². The van der Waals surface area contributed by atoms with E-state index in [1.54, 1.807) is 0 Å². The highest BCUT2D eigenvalue weighted by atomic mass is 15.0. The van der Waals surface area contributed by atoms with Crippen molar-refractivity contribution in [2.24, 2.45) is 0 Å². The fourth-order valence-corrected chi connectivity index (χ4v) is 7.50. The fourth-order valence-electron chi connectivity index (χ4n) is 7.50. The first kappa shape index (κ1) is 26.7. The lowest BCUT2D eigenvalue weighted by Gasteiger charge is -2.20. The molecule has 0 bridgehead atoms. The van der Waals surface area contributed by atoms with Gasteiger partial charge < -0.3 is 4.57 Å². The van der Waals surface area contributed by atoms with Crippen molar-refractivity contribution >= 4 is 54.1 Å². The van der Waals surface area contributed by atoms with E-state index in [-0.39, 0.29) is 0 Å². The van der Waals surface area contributed by atoms with Crippen LogP contribution in [0.2, 0.25) is 0 Å². The molecule has 0 saturated carbocycles. The van der Waals surface area contributed by atoms with Crippen molar-refractivity contribution in [3.63, 3.8) is 0 Å². The van der Waals surface area contributed by atoms with Crippen LogP contribution in [0.4, 0.5) is 0 Å². The average Bonchev–Trinajstić information content (AvgIpc) is 3.44. The largest absolute Gasteiger partial charge is 0.309 e. The SMILES string of the molecule is CC(C)c1ccc2c(-c3ccc4ccccc4c3)c3ccccc3c(-c3ccc(-n4c5ccccc5c5ccccc54)cc3)c2c1. The van der Waals surface area contributed by atoms with Crippen LogP contribution in [0.25, 0.3) is 82.1 Å². The Hall–Kier alpha value is -5.66. The lowest BCUT2D eigenvalue weighted by atomic mass is 9.84. The van der Waals surface area contributed by atoms with Crippen LogP contribution in [0.15, 0.2) is 158 Å². The van der Waals surface area contributed by atoms with Crippen LogP contribution in [-0.2, 0) is 0 Å². The van der Waals surface area contributed by atoms with Crippen molar-refractivity contribution in [3.8, 4) is 27.9 Å². The first-order chi connectivity index (χ1) is 22.7. The highest BCUT2D eigenvalue weighted by molar-refractivity contribution is 6.22. The molecule has 1 aromatic heterocycles. The Bertz CT molecular complexity index is 2550. The van der Waals surface area contributed by atoms with Crippen LogP contribution in [0, 0.1) is 0 Å². The molecule has 1 heterocycles. The maximum absolute atomic E-state index is 2.44. The number of rotatable bonds is 4. The Kier molecular flexibility index (Phi) is 6.08. The Morgan fingerprint density at radius 2 is 0.913 bits per heavy atom. The highest BCUT2D eigenvalue weighted by Crippen LogP contribution is 2.45. The third kappa shape index (κ3) is 4.09. The molecule has 0 fully saturated rings. The van der Waals surface area contributed by atoms with Crippen LogP contribution in [0.1, 0.15) is 25.3 Å². The molecule has 0 aliphatic carbocycles. The summed E-state index contributed by atoms with van der Waals surface area (Å²) in [6.07, 6.45) is 0. The van der Waals surface area contributed by atoms with Gasteiger partial charge in [0.2, 0.25) is 0 Å². The Morgan fingerprint density at radius 3 is 1.57 bits per heavy atom. The number of hydrogen-bond acceptors (Lipinski definition) is 0. The first-order valence-electron chi connectivity index (χ1n) is 16.2. The molecule has 0 saturated heterocycles. The van der Waals surface area contributed by atoms with E-state index in [0.717, 1.165) is 0 Å². The quantitative estimate of drug-likeness (QED) is 0.181. The van der Waals surface area contributed by atoms with E-state index in [1.807, 2.05) is 0 Å². The Morgan fingerprint density at radius 1 is 0.391 bits per heavy atom. The Labute approximate surface area is 269 Å². The van der Waals surface area contributed by atoms with Crippen molar-refractivity contribution < 1.29 is 0 Å². The molecule has 0 unspecified atom stereocenters. The monoisotopic (exact) mass is 587 g/mol. The standard InChI is InChI=1S/C45H33N/c1-29(2)32-23-26-40-41(28-32)44(38-15-5-6-16-39(38)45(40)34-20-19-30-11-3-4-12-33(30)27-34)31-21-24-35(25-22-31)46-42-17-9-7-13-36(42)37-14-8-10-18-43(37)46/h3-29H,1-2H3. The summed E-state index contributed by atoms with van der Waals surface area (Å²) in [5.74, 6) is 0.436. The van der Waals surface area contributed by atoms with Crippen molar-refractivity contribution in [1.82, 2.24) is 4.57 Å². The van der Waals surface area contributed by atoms with Gasteiger partial charge in [-0.25, -0.2) is 0 Å². The number of aromatic nitrogens is 1. The molecule has 0 N–H and O–H groups in total. The van der Waals surface area contributed by atoms with Gasteiger partial charge in [-0.05, 0) is 96.4 Å². The zero-order valence-electron chi connectivity index (χ0n) is 26.0. The molecular weight excluding hydrogens is 555 g/mol. The third-order valence-corrected chi connectivity index (χ3v) is 9.75. The van der Waals surface area contributed by atoms with Crippen LogP contribution in [0.3, 0.4) is 0 Å². The maximum atomic E-state index is 2.44. The zero-order valence-corrected chi connectivity index (χ0v) is 26.0. The fraction of sp³-hybridized carbons (Fsp3) is 0.0667. The Balaban J connectivity index is 1.31. The molecule has 0 aliphatic rings. The number of benzene rings is 8. The van der Waals surface area contributed by atoms with E-state index in [0.29, 0.717) is 5.92 Å². The number of hydrogen-bond donors (Lipinski definition) is 0. The van der Waals surface area contributed by atoms with Crippen molar-refractivity contribution in [2.75, 3.05) is 0 Å². The average molecular weight is 588 g/mol. The normalized spacial score (nSPS) is 11.9. The second kappa shape index (κ2) is 10.5. The second-order valence-electron chi connectivity index (χ2n) is 12.7. The molecule has 0 radical (unpaired) electrons. The van der Waals surface area contributed by atoms with Crippen molar-refractivity contribution in [3.05, 3.63) is 163 Å². The van der Waals surface area contributed by atoms with E-state index >= 15 is 0 Å². The molecule has 9 aromatic rings. The van der Waals surface area contributed by atoms with Gasteiger partial charge in [0.05, 0.1) is 11.0 Å². The minimum atomic E-state index is 0.436. The minimum Gasteiger partial charge on any atom is -0.309 e. The molecule has 9 rings (SSSR count). The van der Waals surface area contributed by atoms with Crippen molar-refractivity contribution in [2.45, 2.75) is 19.8 Å². The molecule has 0 amide bonds. The molecule has 218 valence electrons. The van der Waals surface area contributed by atoms with Gasteiger partial charge in [-0.2, -0.15) is 0 Å². The van der Waals surface area contributed by atoms with Crippen LogP contribution >= 0.6 is 0 Å². The summed E-state index contributed by atoms with van der Waals surface area (Å²) in [6, 6.07) is 58.3. The predicted octanol–water partition coefficient (Wildman–Crippen LogP) is 12.7. The second-order valence-corrected chi connectivity index (χ2v) is 12.7. The summed E-state index contributed by atoms with van der Waals surface area (Å²) in [5, 5.41) is 10.3.